The van der Waals surface area contributed by atoms with Crippen molar-refractivity contribution in [3.63, 3.8) is 0 Å². The van der Waals surface area contributed by atoms with Crippen molar-refractivity contribution in [2.24, 2.45) is 5.41 Å². The number of aromatic amines is 1. The Bertz CT molecular complexity index is 638. The van der Waals surface area contributed by atoms with Crippen molar-refractivity contribution >= 4 is 22.9 Å². The van der Waals surface area contributed by atoms with Crippen molar-refractivity contribution in [2.75, 3.05) is 31.1 Å². The van der Waals surface area contributed by atoms with Gasteiger partial charge >= 0.3 is 0 Å². The van der Waals surface area contributed by atoms with E-state index in [9.17, 15) is 4.79 Å². The van der Waals surface area contributed by atoms with Crippen LogP contribution in [0.25, 0.3) is 11.0 Å². The second-order valence-corrected chi connectivity index (χ2v) is 6.96. The first-order chi connectivity index (χ1) is 10.4. The van der Waals surface area contributed by atoms with Crippen LogP contribution in [0.2, 0.25) is 0 Å². The normalized spacial score (nSPS) is 16.9. The molecule has 0 aliphatic carbocycles. The molecule has 118 valence electrons. The van der Waals surface area contributed by atoms with Crippen LogP contribution in [0, 0.1) is 5.41 Å². The monoisotopic (exact) mass is 300 g/mol. The Morgan fingerprint density at radius 3 is 2.64 bits per heavy atom. The number of aromatic nitrogens is 2. The van der Waals surface area contributed by atoms with Gasteiger partial charge in [-0.3, -0.25) is 4.79 Å². The number of H-pyrrole nitrogens is 1. The topological polar surface area (TPSA) is 52.2 Å². The molecule has 1 amide bonds. The van der Waals surface area contributed by atoms with Gasteiger partial charge in [-0.1, -0.05) is 32.9 Å². The lowest BCUT2D eigenvalue weighted by Crippen LogP contribution is -2.41. The molecule has 1 saturated heterocycles. The van der Waals surface area contributed by atoms with Gasteiger partial charge in [0.1, 0.15) is 0 Å². The van der Waals surface area contributed by atoms with Crippen LogP contribution in [0.4, 0.5) is 5.95 Å². The van der Waals surface area contributed by atoms with E-state index in [0.29, 0.717) is 0 Å². The maximum absolute atomic E-state index is 12.4. The zero-order valence-corrected chi connectivity index (χ0v) is 13.6. The highest BCUT2D eigenvalue weighted by Crippen LogP contribution is 2.21. The maximum Gasteiger partial charge on any atom is 0.228 e. The van der Waals surface area contributed by atoms with E-state index in [-0.39, 0.29) is 11.3 Å². The van der Waals surface area contributed by atoms with Crippen molar-refractivity contribution in [3.05, 3.63) is 24.3 Å². The highest BCUT2D eigenvalue weighted by molar-refractivity contribution is 5.81. The Morgan fingerprint density at radius 2 is 1.91 bits per heavy atom. The largest absolute Gasteiger partial charge is 0.341 e. The Labute approximate surface area is 131 Å². The van der Waals surface area contributed by atoms with Crippen molar-refractivity contribution in [1.29, 1.82) is 0 Å². The third-order valence-electron chi connectivity index (χ3n) is 4.10. The zero-order chi connectivity index (χ0) is 15.7. The van der Waals surface area contributed by atoms with Gasteiger partial charge in [-0.15, -0.1) is 0 Å². The fourth-order valence-corrected chi connectivity index (χ4v) is 2.90. The summed E-state index contributed by atoms with van der Waals surface area (Å²) < 4.78 is 0. The lowest BCUT2D eigenvalue weighted by molar-refractivity contribution is -0.139. The molecule has 2 aromatic rings. The van der Waals surface area contributed by atoms with Gasteiger partial charge in [0.15, 0.2) is 0 Å². The minimum Gasteiger partial charge on any atom is -0.341 e. The number of hydrogen-bond donors (Lipinski definition) is 1. The van der Waals surface area contributed by atoms with E-state index in [4.69, 9.17) is 0 Å². The van der Waals surface area contributed by atoms with Crippen molar-refractivity contribution in [1.82, 2.24) is 14.9 Å². The summed E-state index contributed by atoms with van der Waals surface area (Å²) in [6.45, 7) is 9.28. The molecule has 3 rings (SSSR count). The molecule has 0 spiro atoms. The lowest BCUT2D eigenvalue weighted by atomic mass is 9.94. The van der Waals surface area contributed by atoms with Crippen molar-refractivity contribution in [3.8, 4) is 0 Å². The smallest absolute Gasteiger partial charge is 0.228 e. The zero-order valence-electron chi connectivity index (χ0n) is 13.6. The molecular formula is C17H24N4O. The molecule has 2 heterocycles. The number of imidazole rings is 1. The molecular weight excluding hydrogens is 276 g/mol. The maximum atomic E-state index is 12.4. The summed E-state index contributed by atoms with van der Waals surface area (Å²) in [5, 5.41) is 0. The molecule has 1 fully saturated rings. The number of fused-ring (bicyclic) bond motifs is 1. The van der Waals surface area contributed by atoms with Crippen LogP contribution in [0.5, 0.6) is 0 Å². The molecule has 5 nitrogen and oxygen atoms in total. The van der Waals surface area contributed by atoms with Gasteiger partial charge in [0.05, 0.1) is 11.0 Å². The number of anilines is 1. The first kappa shape index (κ1) is 14.9. The molecule has 1 aromatic heterocycles. The van der Waals surface area contributed by atoms with E-state index in [1.165, 1.54) is 0 Å². The average molecular weight is 300 g/mol. The van der Waals surface area contributed by atoms with E-state index in [1.807, 2.05) is 49.9 Å². The molecule has 0 bridgehead atoms. The van der Waals surface area contributed by atoms with Crippen LogP contribution in [-0.2, 0) is 4.79 Å². The summed E-state index contributed by atoms with van der Waals surface area (Å²) in [5.74, 6) is 1.14. The van der Waals surface area contributed by atoms with E-state index >= 15 is 0 Å². The van der Waals surface area contributed by atoms with Crippen LogP contribution >= 0.6 is 0 Å². The first-order valence-electron chi connectivity index (χ1n) is 7.94. The fraction of sp³-hybridized carbons (Fsp3) is 0.529. The average Bonchev–Trinajstić information content (AvgIpc) is 2.75. The predicted molar refractivity (Wildman–Crippen MR) is 89.0 cm³/mol. The molecule has 0 radical (unpaired) electrons. The second kappa shape index (κ2) is 5.63. The van der Waals surface area contributed by atoms with Crippen LogP contribution in [-0.4, -0.2) is 47.0 Å². The number of carbonyl (C=O) groups excluding carboxylic acids is 1. The number of amides is 1. The van der Waals surface area contributed by atoms with Crippen LogP contribution < -0.4 is 4.90 Å². The van der Waals surface area contributed by atoms with E-state index in [2.05, 4.69) is 14.9 Å². The quantitative estimate of drug-likeness (QED) is 0.881. The Balaban J connectivity index is 1.74. The van der Waals surface area contributed by atoms with Crippen LogP contribution in [0.15, 0.2) is 24.3 Å². The highest BCUT2D eigenvalue weighted by atomic mass is 16.2. The summed E-state index contributed by atoms with van der Waals surface area (Å²) in [5.41, 5.74) is 1.74. The minimum atomic E-state index is -0.311. The summed E-state index contributed by atoms with van der Waals surface area (Å²) in [6.07, 6.45) is 0.971. The molecule has 1 aliphatic rings. The molecule has 22 heavy (non-hydrogen) atoms. The van der Waals surface area contributed by atoms with E-state index in [0.717, 1.165) is 49.6 Å². The molecule has 0 atom stereocenters. The van der Waals surface area contributed by atoms with Gasteiger partial charge in [0.2, 0.25) is 11.9 Å². The number of para-hydroxylation sites is 2. The molecule has 1 N–H and O–H groups in total. The third-order valence-corrected chi connectivity index (χ3v) is 4.10. The number of nitrogens with zero attached hydrogens (tertiary/aromatic N) is 3. The van der Waals surface area contributed by atoms with Crippen molar-refractivity contribution < 1.29 is 4.79 Å². The molecule has 1 aromatic carbocycles. The second-order valence-electron chi connectivity index (χ2n) is 6.96. The van der Waals surface area contributed by atoms with E-state index in [1.54, 1.807) is 0 Å². The molecule has 0 saturated carbocycles. The van der Waals surface area contributed by atoms with Gasteiger partial charge in [-0.05, 0) is 18.6 Å². The van der Waals surface area contributed by atoms with E-state index < -0.39 is 0 Å². The summed E-state index contributed by atoms with van der Waals surface area (Å²) in [7, 11) is 0. The number of hydrogen-bond acceptors (Lipinski definition) is 3. The third kappa shape index (κ3) is 2.93. The Morgan fingerprint density at radius 1 is 1.14 bits per heavy atom. The van der Waals surface area contributed by atoms with Crippen LogP contribution in [0.3, 0.4) is 0 Å². The summed E-state index contributed by atoms with van der Waals surface area (Å²) >= 11 is 0. The molecule has 1 aliphatic heterocycles. The summed E-state index contributed by atoms with van der Waals surface area (Å²) in [4.78, 5) is 24.7. The lowest BCUT2D eigenvalue weighted by Gasteiger charge is -2.28. The van der Waals surface area contributed by atoms with Gasteiger partial charge in [0.25, 0.3) is 0 Å². The van der Waals surface area contributed by atoms with Gasteiger partial charge in [-0.2, -0.15) is 0 Å². The fourth-order valence-electron chi connectivity index (χ4n) is 2.90. The number of carbonyl (C=O) groups is 1. The molecule has 0 unspecified atom stereocenters. The number of nitrogens with one attached hydrogen (secondary N) is 1. The predicted octanol–water partition coefficient (Wildman–Crippen LogP) is 2.65. The number of benzene rings is 1. The van der Waals surface area contributed by atoms with Gasteiger partial charge < -0.3 is 14.8 Å². The minimum absolute atomic E-state index is 0.235. The Kier molecular flexibility index (Phi) is 3.81. The SMILES string of the molecule is CC(C)(C)C(=O)N1CCCN(c2nc3ccccc3[nH]2)CC1. The van der Waals surface area contributed by atoms with Crippen LogP contribution in [0.1, 0.15) is 27.2 Å². The van der Waals surface area contributed by atoms with Gasteiger partial charge in [0, 0.05) is 31.6 Å². The Hall–Kier alpha value is -2.04. The first-order valence-corrected chi connectivity index (χ1v) is 7.94. The van der Waals surface area contributed by atoms with Crippen molar-refractivity contribution in [2.45, 2.75) is 27.2 Å². The van der Waals surface area contributed by atoms with Gasteiger partial charge in [-0.25, -0.2) is 4.98 Å². The number of rotatable bonds is 1. The highest BCUT2D eigenvalue weighted by Gasteiger charge is 2.28. The standard InChI is InChI=1S/C17H24N4O/c1-17(2,3)15(22)20-9-6-10-21(12-11-20)16-18-13-7-4-5-8-14(13)19-16/h4-5,7-8H,6,9-12H2,1-3H3,(H,18,19). The summed E-state index contributed by atoms with van der Waals surface area (Å²) in [6, 6.07) is 8.07. The molecule has 5 heteroatoms.